The van der Waals surface area contributed by atoms with Crippen molar-refractivity contribution >= 4 is 11.6 Å². The minimum Gasteiger partial charge on any atom is -0.375 e. The highest BCUT2D eigenvalue weighted by Gasteiger charge is 2.41. The van der Waals surface area contributed by atoms with E-state index in [1.54, 1.807) is 0 Å². The van der Waals surface area contributed by atoms with Gasteiger partial charge in [0.25, 0.3) is 0 Å². The second-order valence-corrected chi connectivity index (χ2v) is 9.43. The molecule has 0 amide bonds. The zero-order chi connectivity index (χ0) is 19.2. The van der Waals surface area contributed by atoms with Gasteiger partial charge in [-0.1, -0.05) is 50.9 Å². The predicted octanol–water partition coefficient (Wildman–Crippen LogP) is 6.78. The predicted molar refractivity (Wildman–Crippen MR) is 113 cm³/mol. The first-order valence-electron chi connectivity index (χ1n) is 10.4. The molecule has 1 N–H and O–H groups in total. The molecule has 0 radical (unpaired) electrons. The van der Waals surface area contributed by atoms with Crippen LogP contribution in [0, 0.1) is 11.3 Å². The van der Waals surface area contributed by atoms with Crippen LogP contribution < -0.4 is 5.32 Å². The second-order valence-electron chi connectivity index (χ2n) is 8.99. The van der Waals surface area contributed by atoms with Gasteiger partial charge in [0.2, 0.25) is 0 Å². The molecule has 1 aromatic carbocycles. The van der Waals surface area contributed by atoms with Crippen molar-refractivity contribution in [1.82, 2.24) is 5.32 Å². The molecule has 1 aromatic rings. The molecule has 0 aliphatic carbocycles. The summed E-state index contributed by atoms with van der Waals surface area (Å²) in [5.41, 5.74) is 1.77. The minimum atomic E-state index is 0.0526. The van der Waals surface area contributed by atoms with Gasteiger partial charge in [0.1, 0.15) is 0 Å². The van der Waals surface area contributed by atoms with Crippen LogP contribution in [0.15, 0.2) is 24.3 Å². The highest BCUT2D eigenvalue weighted by Crippen LogP contribution is 2.46. The standard InChI is InChI=1S/C23H38ClNO/c1-6-22(5)17-23(14-16-26-22,12-11-18(2)3)13-15-25-19(4)20-7-9-21(24)10-8-20/h7-10,18-19,25H,6,11-17H2,1-5H3/t19-,22+,23+/m1/s1. The van der Waals surface area contributed by atoms with Crippen LogP contribution in [0.4, 0.5) is 0 Å². The monoisotopic (exact) mass is 379 g/mol. The van der Waals surface area contributed by atoms with Crippen molar-refractivity contribution in [2.24, 2.45) is 11.3 Å². The average Bonchev–Trinajstić information content (AvgIpc) is 2.61. The van der Waals surface area contributed by atoms with Gasteiger partial charge in [0, 0.05) is 17.7 Å². The van der Waals surface area contributed by atoms with Gasteiger partial charge >= 0.3 is 0 Å². The van der Waals surface area contributed by atoms with Gasteiger partial charge in [0.05, 0.1) is 5.60 Å². The van der Waals surface area contributed by atoms with Crippen molar-refractivity contribution in [3.63, 3.8) is 0 Å². The van der Waals surface area contributed by atoms with E-state index in [0.717, 1.165) is 30.5 Å². The molecule has 1 aliphatic rings. The molecule has 1 saturated heterocycles. The zero-order valence-corrected chi connectivity index (χ0v) is 18.2. The van der Waals surface area contributed by atoms with Gasteiger partial charge in [-0.15, -0.1) is 0 Å². The first kappa shape index (κ1) is 21.7. The molecule has 3 heteroatoms. The summed E-state index contributed by atoms with van der Waals surface area (Å²) in [5, 5.41) is 4.54. The first-order chi connectivity index (χ1) is 12.3. The Kier molecular flexibility index (Phi) is 8.00. The molecule has 26 heavy (non-hydrogen) atoms. The van der Waals surface area contributed by atoms with E-state index in [4.69, 9.17) is 16.3 Å². The molecule has 2 nitrogen and oxygen atoms in total. The number of benzene rings is 1. The van der Waals surface area contributed by atoms with E-state index in [-0.39, 0.29) is 5.60 Å². The van der Waals surface area contributed by atoms with E-state index < -0.39 is 0 Å². The topological polar surface area (TPSA) is 21.3 Å². The quantitative estimate of drug-likeness (QED) is 0.510. The summed E-state index contributed by atoms with van der Waals surface area (Å²) < 4.78 is 6.15. The van der Waals surface area contributed by atoms with E-state index in [0.29, 0.717) is 11.5 Å². The van der Waals surface area contributed by atoms with Crippen molar-refractivity contribution in [3.05, 3.63) is 34.9 Å². The summed E-state index contributed by atoms with van der Waals surface area (Å²) in [6.07, 6.45) is 7.36. The number of nitrogens with one attached hydrogen (secondary N) is 1. The third-order valence-corrected chi connectivity index (χ3v) is 6.56. The van der Waals surface area contributed by atoms with Crippen LogP contribution in [-0.4, -0.2) is 18.8 Å². The number of hydrogen-bond donors (Lipinski definition) is 1. The Balaban J connectivity index is 1.96. The summed E-state index contributed by atoms with van der Waals surface area (Å²) in [7, 11) is 0. The summed E-state index contributed by atoms with van der Waals surface area (Å²) in [4.78, 5) is 0. The van der Waals surface area contributed by atoms with Gasteiger partial charge in [-0.25, -0.2) is 0 Å². The van der Waals surface area contributed by atoms with Crippen molar-refractivity contribution in [3.8, 4) is 0 Å². The van der Waals surface area contributed by atoms with Crippen molar-refractivity contribution < 1.29 is 4.74 Å². The highest BCUT2D eigenvalue weighted by atomic mass is 35.5. The summed E-state index contributed by atoms with van der Waals surface area (Å²) in [6, 6.07) is 8.55. The lowest BCUT2D eigenvalue weighted by Crippen LogP contribution is -2.44. The Labute approximate surface area is 166 Å². The van der Waals surface area contributed by atoms with Gasteiger partial charge < -0.3 is 10.1 Å². The maximum atomic E-state index is 6.15. The molecule has 0 aromatic heterocycles. The average molecular weight is 380 g/mol. The molecular formula is C23H38ClNO. The van der Waals surface area contributed by atoms with E-state index in [1.807, 2.05) is 12.1 Å². The molecular weight excluding hydrogens is 342 g/mol. The van der Waals surface area contributed by atoms with Crippen LogP contribution in [0.5, 0.6) is 0 Å². The minimum absolute atomic E-state index is 0.0526. The molecule has 148 valence electrons. The summed E-state index contributed by atoms with van der Waals surface area (Å²) >= 11 is 6.01. The van der Waals surface area contributed by atoms with Crippen molar-refractivity contribution in [2.45, 2.75) is 84.8 Å². The Morgan fingerprint density at radius 3 is 2.46 bits per heavy atom. The smallest absolute Gasteiger partial charge is 0.0657 e. The fourth-order valence-electron chi connectivity index (χ4n) is 4.24. The maximum absolute atomic E-state index is 6.15. The van der Waals surface area contributed by atoms with Crippen LogP contribution in [0.25, 0.3) is 0 Å². The Morgan fingerprint density at radius 2 is 1.85 bits per heavy atom. The lowest BCUT2D eigenvalue weighted by molar-refractivity contribution is -0.123. The molecule has 3 atom stereocenters. The van der Waals surface area contributed by atoms with Crippen molar-refractivity contribution in [1.29, 1.82) is 0 Å². The second kappa shape index (κ2) is 9.57. The van der Waals surface area contributed by atoms with E-state index in [9.17, 15) is 0 Å². The van der Waals surface area contributed by atoms with Crippen LogP contribution in [0.3, 0.4) is 0 Å². The number of rotatable bonds is 9. The Hall–Kier alpha value is -0.570. The lowest BCUT2D eigenvalue weighted by Gasteiger charge is -2.47. The molecule has 0 unspecified atom stereocenters. The number of hydrogen-bond acceptors (Lipinski definition) is 2. The number of halogens is 1. The molecule has 2 rings (SSSR count). The summed E-state index contributed by atoms with van der Waals surface area (Å²) in [6.45, 7) is 13.5. The van der Waals surface area contributed by atoms with E-state index in [1.165, 1.54) is 37.7 Å². The van der Waals surface area contributed by atoms with Gasteiger partial charge in [-0.05, 0) is 81.5 Å². The van der Waals surface area contributed by atoms with Gasteiger partial charge in [0.15, 0.2) is 0 Å². The maximum Gasteiger partial charge on any atom is 0.0657 e. The normalized spacial score (nSPS) is 27.7. The largest absolute Gasteiger partial charge is 0.375 e. The molecule has 1 aliphatic heterocycles. The van der Waals surface area contributed by atoms with Crippen molar-refractivity contribution in [2.75, 3.05) is 13.2 Å². The molecule has 1 heterocycles. The highest BCUT2D eigenvalue weighted by molar-refractivity contribution is 6.30. The van der Waals surface area contributed by atoms with Crippen LogP contribution in [0.1, 0.15) is 84.7 Å². The lowest BCUT2D eigenvalue weighted by atomic mass is 9.67. The Bertz CT molecular complexity index is 544. The van der Waals surface area contributed by atoms with Crippen LogP contribution in [-0.2, 0) is 4.74 Å². The van der Waals surface area contributed by atoms with E-state index in [2.05, 4.69) is 52.1 Å². The molecule has 0 bridgehead atoms. The fourth-order valence-corrected chi connectivity index (χ4v) is 4.37. The fraction of sp³-hybridized carbons (Fsp3) is 0.739. The molecule has 0 spiro atoms. The van der Waals surface area contributed by atoms with E-state index >= 15 is 0 Å². The van der Waals surface area contributed by atoms with Gasteiger partial charge in [-0.2, -0.15) is 0 Å². The first-order valence-corrected chi connectivity index (χ1v) is 10.8. The Morgan fingerprint density at radius 1 is 1.15 bits per heavy atom. The third kappa shape index (κ3) is 6.25. The zero-order valence-electron chi connectivity index (χ0n) is 17.4. The number of ether oxygens (including phenoxy) is 1. The molecule has 0 saturated carbocycles. The summed E-state index contributed by atoms with van der Waals surface area (Å²) in [5.74, 6) is 0.767. The van der Waals surface area contributed by atoms with Gasteiger partial charge in [-0.3, -0.25) is 0 Å². The molecule has 1 fully saturated rings. The SMILES string of the molecule is CC[C@@]1(C)C[C@](CCN[C@H](C)c2ccc(Cl)cc2)(CCC(C)C)CCO1. The van der Waals surface area contributed by atoms with Crippen LogP contribution >= 0.6 is 11.6 Å². The third-order valence-electron chi connectivity index (χ3n) is 6.31. The van der Waals surface area contributed by atoms with Crippen LogP contribution in [0.2, 0.25) is 5.02 Å².